The van der Waals surface area contributed by atoms with Crippen molar-refractivity contribution in [1.82, 2.24) is 15.2 Å². The Morgan fingerprint density at radius 2 is 1.97 bits per heavy atom. The summed E-state index contributed by atoms with van der Waals surface area (Å²) in [5, 5.41) is 12.1. The minimum atomic E-state index is -4.73. The monoisotopic (exact) mass is 471 g/mol. The Morgan fingerprint density at radius 3 is 2.59 bits per heavy atom. The number of halogens is 5. The van der Waals surface area contributed by atoms with Crippen molar-refractivity contribution in [1.29, 1.82) is 0 Å². The smallest absolute Gasteiger partial charge is 0.393 e. The molecule has 1 aromatic heterocycles. The zero-order valence-electron chi connectivity index (χ0n) is 16.5. The van der Waals surface area contributed by atoms with Gasteiger partial charge >= 0.3 is 6.18 Å². The van der Waals surface area contributed by atoms with Crippen molar-refractivity contribution in [3.63, 3.8) is 0 Å². The van der Waals surface area contributed by atoms with E-state index in [1.807, 2.05) is 0 Å². The molecule has 2 aromatic rings. The average Bonchev–Trinajstić information content (AvgIpc) is 2.68. The third-order valence-corrected chi connectivity index (χ3v) is 5.90. The van der Waals surface area contributed by atoms with Crippen LogP contribution in [0.2, 0.25) is 5.02 Å². The maximum atomic E-state index is 14.9. The Bertz CT molecular complexity index is 1090. The van der Waals surface area contributed by atoms with Crippen LogP contribution in [0.5, 0.6) is 0 Å². The van der Waals surface area contributed by atoms with E-state index < -0.39 is 41.4 Å². The minimum absolute atomic E-state index is 0.0247. The highest BCUT2D eigenvalue weighted by atomic mass is 35.5. The lowest BCUT2D eigenvalue weighted by Crippen LogP contribution is -2.51. The number of rotatable bonds is 4. The number of benzene rings is 1. The third-order valence-electron chi connectivity index (χ3n) is 5.69. The number of nitrogens with one attached hydrogen (secondary N) is 1. The molecule has 2 heterocycles. The summed E-state index contributed by atoms with van der Waals surface area (Å²) in [4.78, 5) is 29.1. The Kier molecular flexibility index (Phi) is 5.85. The van der Waals surface area contributed by atoms with Gasteiger partial charge in [-0.05, 0) is 42.0 Å². The lowest BCUT2D eigenvalue weighted by atomic mass is 9.72. The summed E-state index contributed by atoms with van der Waals surface area (Å²) in [6.07, 6.45) is -4.19. The summed E-state index contributed by atoms with van der Waals surface area (Å²) in [7, 11) is 0. The molecule has 0 spiro atoms. The molecule has 2 fully saturated rings. The molecular weight excluding hydrogens is 454 g/mol. The highest BCUT2D eigenvalue weighted by Gasteiger charge is 2.42. The molecule has 1 saturated carbocycles. The standard InChI is InChI=1S/C21H18ClF4N3O3/c22-12-5-15(23)20(28-6-12)19-10(8-29-9-16(31)27-7-17(29)32)1-2-14(21(24,25)26)18(19)11-3-13(30)4-11/h1-2,5-6,11,13,30H,3-4,7-9H2,(H,27,31). The van der Waals surface area contributed by atoms with Crippen LogP contribution in [0, 0.1) is 5.82 Å². The molecule has 0 bridgehead atoms. The summed E-state index contributed by atoms with van der Waals surface area (Å²) in [6, 6.07) is 3.01. The average molecular weight is 472 g/mol. The number of aliphatic hydroxyl groups is 1. The fourth-order valence-corrected chi connectivity index (χ4v) is 4.27. The number of pyridine rings is 1. The van der Waals surface area contributed by atoms with E-state index in [2.05, 4.69) is 10.3 Å². The van der Waals surface area contributed by atoms with Gasteiger partial charge in [0.1, 0.15) is 5.69 Å². The number of carbonyl (C=O) groups is 2. The molecule has 32 heavy (non-hydrogen) atoms. The zero-order chi connectivity index (χ0) is 23.2. The third kappa shape index (κ3) is 4.29. The first-order valence-electron chi connectivity index (χ1n) is 9.81. The van der Waals surface area contributed by atoms with Gasteiger partial charge in [0.2, 0.25) is 11.8 Å². The van der Waals surface area contributed by atoms with Crippen molar-refractivity contribution in [3.8, 4) is 11.3 Å². The van der Waals surface area contributed by atoms with Crippen molar-refractivity contribution in [2.75, 3.05) is 13.1 Å². The first-order chi connectivity index (χ1) is 15.0. The van der Waals surface area contributed by atoms with E-state index in [9.17, 15) is 32.3 Å². The van der Waals surface area contributed by atoms with E-state index in [1.165, 1.54) is 11.0 Å². The summed E-state index contributed by atoms with van der Waals surface area (Å²) in [5.41, 5.74) is -1.34. The molecule has 2 aliphatic rings. The van der Waals surface area contributed by atoms with Crippen molar-refractivity contribution in [2.45, 2.75) is 37.6 Å². The maximum Gasteiger partial charge on any atom is 0.416 e. The van der Waals surface area contributed by atoms with Crippen LogP contribution in [0.3, 0.4) is 0 Å². The normalized spacial score (nSPS) is 21.4. The lowest BCUT2D eigenvalue weighted by Gasteiger charge is -2.36. The number of carbonyl (C=O) groups excluding carboxylic acids is 2. The van der Waals surface area contributed by atoms with Gasteiger partial charge in [0.05, 0.1) is 29.8 Å². The van der Waals surface area contributed by atoms with Gasteiger partial charge in [0, 0.05) is 18.3 Å². The minimum Gasteiger partial charge on any atom is -0.393 e. The lowest BCUT2D eigenvalue weighted by molar-refractivity contribution is -0.141. The number of piperazine rings is 1. The zero-order valence-corrected chi connectivity index (χ0v) is 17.3. The molecule has 11 heteroatoms. The number of aromatic nitrogens is 1. The summed E-state index contributed by atoms with van der Waals surface area (Å²) in [5.74, 6) is -2.41. The molecule has 170 valence electrons. The predicted molar refractivity (Wildman–Crippen MR) is 106 cm³/mol. The topological polar surface area (TPSA) is 82.5 Å². The van der Waals surface area contributed by atoms with Gasteiger partial charge < -0.3 is 15.3 Å². The number of alkyl halides is 3. The Morgan fingerprint density at radius 1 is 1.25 bits per heavy atom. The van der Waals surface area contributed by atoms with Crippen molar-refractivity contribution < 1.29 is 32.3 Å². The molecule has 1 aliphatic heterocycles. The van der Waals surface area contributed by atoms with Crippen LogP contribution in [-0.2, 0) is 22.3 Å². The molecule has 2 N–H and O–H groups in total. The number of aliphatic hydroxyl groups excluding tert-OH is 1. The van der Waals surface area contributed by atoms with Crippen LogP contribution in [-0.4, -0.2) is 46.0 Å². The number of amides is 2. The second-order valence-electron chi connectivity index (χ2n) is 7.89. The fourth-order valence-electron chi connectivity index (χ4n) is 4.12. The van der Waals surface area contributed by atoms with E-state index in [4.69, 9.17) is 11.6 Å². The van der Waals surface area contributed by atoms with E-state index in [1.54, 1.807) is 0 Å². The molecule has 0 unspecified atom stereocenters. The molecule has 4 rings (SSSR count). The number of nitrogens with zero attached hydrogens (tertiary/aromatic N) is 2. The Balaban J connectivity index is 1.92. The quantitative estimate of drug-likeness (QED) is 0.671. The molecule has 1 aliphatic carbocycles. The van der Waals surface area contributed by atoms with Gasteiger partial charge in [-0.25, -0.2) is 4.39 Å². The van der Waals surface area contributed by atoms with Crippen molar-refractivity contribution in [3.05, 3.63) is 51.9 Å². The second kappa shape index (κ2) is 8.32. The fraction of sp³-hybridized carbons (Fsp3) is 0.381. The largest absolute Gasteiger partial charge is 0.416 e. The molecule has 0 radical (unpaired) electrons. The molecular formula is C21H18ClF4N3O3. The molecule has 2 amide bonds. The number of hydrogen-bond donors (Lipinski definition) is 2. The van der Waals surface area contributed by atoms with Gasteiger partial charge in [-0.15, -0.1) is 0 Å². The van der Waals surface area contributed by atoms with Crippen LogP contribution < -0.4 is 5.32 Å². The van der Waals surface area contributed by atoms with Crippen molar-refractivity contribution >= 4 is 23.4 Å². The summed E-state index contributed by atoms with van der Waals surface area (Å²) in [6.45, 7) is -0.705. The van der Waals surface area contributed by atoms with Gasteiger partial charge in [-0.3, -0.25) is 14.6 Å². The van der Waals surface area contributed by atoms with E-state index in [0.29, 0.717) is 0 Å². The highest BCUT2D eigenvalue weighted by molar-refractivity contribution is 6.30. The molecule has 0 atom stereocenters. The molecule has 6 nitrogen and oxygen atoms in total. The van der Waals surface area contributed by atoms with Gasteiger partial charge in [0.25, 0.3) is 0 Å². The first-order valence-corrected chi connectivity index (χ1v) is 10.2. The van der Waals surface area contributed by atoms with Crippen LogP contribution >= 0.6 is 11.6 Å². The van der Waals surface area contributed by atoms with E-state index in [-0.39, 0.29) is 59.9 Å². The SMILES string of the molecule is O=C1CN(Cc2ccc(C(F)(F)F)c(C3CC(O)C3)c2-c2ncc(Cl)cc2F)C(=O)CN1. The summed E-state index contributed by atoms with van der Waals surface area (Å²) < 4.78 is 56.6. The van der Waals surface area contributed by atoms with Crippen LogP contribution in [0.25, 0.3) is 11.3 Å². The predicted octanol–water partition coefficient (Wildman–Crippen LogP) is 3.26. The van der Waals surface area contributed by atoms with E-state index >= 15 is 0 Å². The van der Waals surface area contributed by atoms with Crippen LogP contribution in [0.15, 0.2) is 24.4 Å². The van der Waals surface area contributed by atoms with Gasteiger partial charge in [-0.1, -0.05) is 17.7 Å². The highest BCUT2D eigenvalue weighted by Crippen LogP contribution is 2.48. The van der Waals surface area contributed by atoms with E-state index in [0.717, 1.165) is 18.3 Å². The summed E-state index contributed by atoms with van der Waals surface area (Å²) >= 11 is 5.79. The second-order valence-corrected chi connectivity index (χ2v) is 8.33. The molecule has 1 aromatic carbocycles. The molecule has 1 saturated heterocycles. The van der Waals surface area contributed by atoms with Crippen LogP contribution in [0.4, 0.5) is 17.6 Å². The maximum absolute atomic E-state index is 14.9. The van der Waals surface area contributed by atoms with Crippen molar-refractivity contribution in [2.24, 2.45) is 0 Å². The first kappa shape index (κ1) is 22.5. The van der Waals surface area contributed by atoms with Crippen LogP contribution in [0.1, 0.15) is 35.4 Å². The Labute approximate surface area is 185 Å². The van der Waals surface area contributed by atoms with Gasteiger partial charge in [0.15, 0.2) is 5.82 Å². The van der Waals surface area contributed by atoms with Gasteiger partial charge in [-0.2, -0.15) is 13.2 Å². The number of hydrogen-bond acceptors (Lipinski definition) is 4. The Hall–Kier alpha value is -2.72.